The molecule has 0 bridgehead atoms. The van der Waals surface area contributed by atoms with Crippen LogP contribution in [-0.4, -0.2) is 35.2 Å². The van der Waals surface area contributed by atoms with Crippen molar-refractivity contribution >= 4 is 28.0 Å². The Morgan fingerprint density at radius 1 is 1.09 bits per heavy atom. The Labute approximate surface area is 184 Å². The number of fused-ring (bicyclic) bond motifs is 3. The minimum absolute atomic E-state index is 0.133. The first-order valence-corrected chi connectivity index (χ1v) is 10.6. The molecule has 0 unspecified atom stereocenters. The number of carbonyl (C=O) groups is 1. The van der Waals surface area contributed by atoms with Crippen LogP contribution in [0.15, 0.2) is 58.0 Å². The number of furan rings is 1. The number of benzene rings is 2. The summed E-state index contributed by atoms with van der Waals surface area (Å²) in [6, 6.07) is 13.1. The Balaban J connectivity index is 1.39. The Kier molecular flexibility index (Phi) is 6.39. The van der Waals surface area contributed by atoms with Gasteiger partial charge in [-0.3, -0.25) is 14.2 Å². The summed E-state index contributed by atoms with van der Waals surface area (Å²) < 4.78 is 18.1. The molecule has 0 aliphatic rings. The van der Waals surface area contributed by atoms with E-state index >= 15 is 0 Å². The molecule has 0 saturated heterocycles. The first kappa shape index (κ1) is 21.4. The largest absolute Gasteiger partial charge is 0.490 e. The third-order valence-corrected chi connectivity index (χ3v) is 5.01. The molecule has 0 saturated carbocycles. The second-order valence-electron chi connectivity index (χ2n) is 7.20. The summed E-state index contributed by atoms with van der Waals surface area (Å²) in [5, 5.41) is 3.62. The molecule has 1 amide bonds. The van der Waals surface area contributed by atoms with E-state index in [1.165, 1.54) is 10.9 Å². The van der Waals surface area contributed by atoms with Gasteiger partial charge in [0.25, 0.3) is 5.56 Å². The van der Waals surface area contributed by atoms with Gasteiger partial charge in [0.1, 0.15) is 17.6 Å². The highest BCUT2D eigenvalue weighted by Crippen LogP contribution is 2.28. The predicted molar refractivity (Wildman–Crippen MR) is 121 cm³/mol. The maximum absolute atomic E-state index is 12.7. The normalized spacial score (nSPS) is 11.1. The number of nitrogens with one attached hydrogen (secondary N) is 1. The molecule has 2 aromatic carbocycles. The molecule has 4 aromatic rings. The van der Waals surface area contributed by atoms with E-state index in [1.54, 1.807) is 6.07 Å². The van der Waals surface area contributed by atoms with Gasteiger partial charge in [0, 0.05) is 11.9 Å². The van der Waals surface area contributed by atoms with Crippen molar-refractivity contribution < 1.29 is 18.7 Å². The van der Waals surface area contributed by atoms with Gasteiger partial charge in [-0.05, 0) is 50.1 Å². The monoisotopic (exact) mass is 435 g/mol. The van der Waals surface area contributed by atoms with E-state index < -0.39 is 0 Å². The van der Waals surface area contributed by atoms with Crippen molar-refractivity contribution in [3.63, 3.8) is 0 Å². The molecule has 2 aromatic heterocycles. The number of rotatable bonds is 9. The quantitative estimate of drug-likeness (QED) is 0.433. The number of hydrogen-bond acceptors (Lipinski definition) is 6. The third kappa shape index (κ3) is 4.44. The first-order valence-electron chi connectivity index (χ1n) is 10.6. The van der Waals surface area contributed by atoms with Crippen LogP contribution in [0, 0.1) is 0 Å². The second-order valence-corrected chi connectivity index (χ2v) is 7.20. The van der Waals surface area contributed by atoms with Crippen LogP contribution in [-0.2, 0) is 17.8 Å². The zero-order chi connectivity index (χ0) is 22.5. The fourth-order valence-electron chi connectivity index (χ4n) is 3.54. The molecular formula is C24H25N3O5. The third-order valence-electron chi connectivity index (χ3n) is 5.01. The number of nitrogens with zero attached hydrogens (tertiary/aromatic N) is 2. The van der Waals surface area contributed by atoms with Crippen LogP contribution in [0.1, 0.15) is 19.4 Å². The first-order chi connectivity index (χ1) is 15.6. The molecule has 8 nitrogen and oxygen atoms in total. The summed E-state index contributed by atoms with van der Waals surface area (Å²) in [6.45, 7) is 5.23. The maximum Gasteiger partial charge on any atom is 0.297 e. The lowest BCUT2D eigenvalue weighted by Gasteiger charge is -2.13. The predicted octanol–water partition coefficient (Wildman–Crippen LogP) is 3.30. The molecular weight excluding hydrogens is 410 g/mol. The van der Waals surface area contributed by atoms with E-state index in [4.69, 9.17) is 13.9 Å². The van der Waals surface area contributed by atoms with Crippen molar-refractivity contribution in [2.75, 3.05) is 19.8 Å². The van der Waals surface area contributed by atoms with Gasteiger partial charge in [0.05, 0.1) is 19.5 Å². The van der Waals surface area contributed by atoms with Gasteiger partial charge in [0.15, 0.2) is 11.5 Å². The molecule has 8 heteroatoms. The van der Waals surface area contributed by atoms with E-state index in [2.05, 4.69) is 10.3 Å². The molecule has 32 heavy (non-hydrogen) atoms. The molecule has 2 heterocycles. The second kappa shape index (κ2) is 9.55. The molecule has 0 spiro atoms. The Morgan fingerprint density at radius 2 is 1.88 bits per heavy atom. The Hall–Kier alpha value is -3.81. The van der Waals surface area contributed by atoms with Crippen LogP contribution in [0.2, 0.25) is 0 Å². The fourth-order valence-corrected chi connectivity index (χ4v) is 3.54. The van der Waals surface area contributed by atoms with Crippen LogP contribution in [0.5, 0.6) is 11.5 Å². The van der Waals surface area contributed by atoms with Crippen molar-refractivity contribution in [3.05, 3.63) is 64.7 Å². The summed E-state index contributed by atoms with van der Waals surface area (Å²) in [5.41, 5.74) is 1.88. The molecule has 0 radical (unpaired) electrons. The van der Waals surface area contributed by atoms with Crippen LogP contribution in [0.4, 0.5) is 0 Å². The van der Waals surface area contributed by atoms with E-state index in [1.807, 2.05) is 50.2 Å². The number of hydrogen-bond donors (Lipinski definition) is 1. The topological polar surface area (TPSA) is 95.6 Å². The van der Waals surface area contributed by atoms with Crippen molar-refractivity contribution in [2.24, 2.45) is 0 Å². The van der Waals surface area contributed by atoms with Gasteiger partial charge in [-0.25, -0.2) is 4.98 Å². The van der Waals surface area contributed by atoms with Gasteiger partial charge < -0.3 is 19.2 Å². The average molecular weight is 435 g/mol. The molecule has 1 N–H and O–H groups in total. The van der Waals surface area contributed by atoms with Gasteiger partial charge in [-0.15, -0.1) is 0 Å². The number of carbonyl (C=O) groups excluding carboxylic acids is 1. The summed E-state index contributed by atoms with van der Waals surface area (Å²) in [5.74, 6) is 1.12. The van der Waals surface area contributed by atoms with E-state index in [0.717, 1.165) is 10.9 Å². The van der Waals surface area contributed by atoms with Gasteiger partial charge in [0.2, 0.25) is 11.5 Å². The van der Waals surface area contributed by atoms with Crippen molar-refractivity contribution in [1.29, 1.82) is 0 Å². The highest BCUT2D eigenvalue weighted by molar-refractivity contribution is 6.01. The summed E-state index contributed by atoms with van der Waals surface area (Å²) in [4.78, 5) is 29.5. The van der Waals surface area contributed by atoms with Crippen molar-refractivity contribution in [3.8, 4) is 11.5 Å². The van der Waals surface area contributed by atoms with E-state index in [9.17, 15) is 9.59 Å². The maximum atomic E-state index is 12.7. The molecule has 0 fully saturated rings. The Bertz CT molecular complexity index is 1310. The minimum Gasteiger partial charge on any atom is -0.490 e. The van der Waals surface area contributed by atoms with Gasteiger partial charge >= 0.3 is 0 Å². The number of para-hydroxylation sites is 1. The van der Waals surface area contributed by atoms with Crippen LogP contribution in [0.25, 0.3) is 22.1 Å². The lowest BCUT2D eigenvalue weighted by atomic mass is 10.1. The lowest BCUT2D eigenvalue weighted by molar-refractivity contribution is -0.121. The fraction of sp³-hybridized carbons (Fsp3) is 0.292. The highest BCUT2D eigenvalue weighted by atomic mass is 16.5. The molecule has 0 aliphatic carbocycles. The molecule has 4 rings (SSSR count). The van der Waals surface area contributed by atoms with Crippen molar-refractivity contribution in [1.82, 2.24) is 14.9 Å². The standard InChI is InChI=1S/C24H25N3O5/c1-3-30-19-10-9-16(13-20(19)31-4-2)11-12-25-21(28)14-27-15-26-22-17-7-5-6-8-18(17)32-23(22)24(27)29/h5-10,13,15H,3-4,11-12,14H2,1-2H3,(H,25,28). The van der Waals surface area contributed by atoms with Crippen LogP contribution >= 0.6 is 0 Å². The summed E-state index contributed by atoms with van der Waals surface area (Å²) >= 11 is 0. The van der Waals surface area contributed by atoms with Crippen LogP contribution < -0.4 is 20.3 Å². The number of amides is 1. The van der Waals surface area contributed by atoms with Gasteiger partial charge in [-0.2, -0.15) is 0 Å². The smallest absolute Gasteiger partial charge is 0.297 e. The highest BCUT2D eigenvalue weighted by Gasteiger charge is 2.14. The minimum atomic E-state index is -0.380. The number of ether oxygens (including phenoxy) is 2. The molecule has 166 valence electrons. The molecule has 0 atom stereocenters. The molecule has 0 aliphatic heterocycles. The van der Waals surface area contributed by atoms with E-state index in [-0.39, 0.29) is 23.6 Å². The SMILES string of the molecule is CCOc1ccc(CCNC(=O)Cn2cnc3c(oc4ccccc43)c2=O)cc1OCC. The van der Waals surface area contributed by atoms with Crippen LogP contribution in [0.3, 0.4) is 0 Å². The lowest BCUT2D eigenvalue weighted by Crippen LogP contribution is -2.33. The van der Waals surface area contributed by atoms with E-state index in [0.29, 0.717) is 48.8 Å². The summed E-state index contributed by atoms with van der Waals surface area (Å²) in [6.07, 6.45) is 2.00. The zero-order valence-corrected chi connectivity index (χ0v) is 18.1. The summed E-state index contributed by atoms with van der Waals surface area (Å²) in [7, 11) is 0. The van der Waals surface area contributed by atoms with Gasteiger partial charge in [-0.1, -0.05) is 18.2 Å². The van der Waals surface area contributed by atoms with Crippen molar-refractivity contribution in [2.45, 2.75) is 26.8 Å². The zero-order valence-electron chi connectivity index (χ0n) is 18.1. The number of aromatic nitrogens is 2. The average Bonchev–Trinajstić information content (AvgIpc) is 3.17. The Morgan fingerprint density at radius 3 is 2.69 bits per heavy atom.